The molecule has 0 atom stereocenters. The highest BCUT2D eigenvalue weighted by Crippen LogP contribution is 2.20. The SMILES string of the molecule is COc1ccc(C(=O)OCC(=O)Nc2ccc(Br)cc2C)cc1. The molecule has 0 bridgehead atoms. The summed E-state index contributed by atoms with van der Waals surface area (Å²) in [7, 11) is 1.54. The van der Waals surface area contributed by atoms with Crippen molar-refractivity contribution in [2.24, 2.45) is 0 Å². The molecule has 0 aliphatic rings. The maximum atomic E-state index is 11.9. The lowest BCUT2D eigenvalue weighted by Gasteiger charge is -2.09. The lowest BCUT2D eigenvalue weighted by atomic mass is 10.2. The number of ether oxygens (including phenoxy) is 2. The number of hydrogen-bond acceptors (Lipinski definition) is 4. The summed E-state index contributed by atoms with van der Waals surface area (Å²) in [6.07, 6.45) is 0. The summed E-state index contributed by atoms with van der Waals surface area (Å²) < 4.78 is 10.9. The van der Waals surface area contributed by atoms with Gasteiger partial charge in [-0.15, -0.1) is 0 Å². The van der Waals surface area contributed by atoms with Gasteiger partial charge in [-0.05, 0) is 55.0 Å². The summed E-state index contributed by atoms with van der Waals surface area (Å²) in [6.45, 7) is 1.53. The van der Waals surface area contributed by atoms with Gasteiger partial charge in [-0.2, -0.15) is 0 Å². The number of benzene rings is 2. The topological polar surface area (TPSA) is 64.6 Å². The summed E-state index contributed by atoms with van der Waals surface area (Å²) in [4.78, 5) is 23.7. The fourth-order valence-corrected chi connectivity index (χ4v) is 2.37. The summed E-state index contributed by atoms with van der Waals surface area (Å²) in [5.41, 5.74) is 1.95. The van der Waals surface area contributed by atoms with Crippen molar-refractivity contribution in [1.29, 1.82) is 0 Å². The number of halogens is 1. The second kappa shape index (κ2) is 7.78. The number of nitrogens with one attached hydrogen (secondary N) is 1. The van der Waals surface area contributed by atoms with Gasteiger partial charge < -0.3 is 14.8 Å². The largest absolute Gasteiger partial charge is 0.497 e. The van der Waals surface area contributed by atoms with Crippen LogP contribution in [-0.2, 0) is 9.53 Å². The van der Waals surface area contributed by atoms with E-state index >= 15 is 0 Å². The first-order valence-corrected chi connectivity index (χ1v) is 7.66. The molecule has 2 aromatic rings. The van der Waals surface area contributed by atoms with E-state index in [0.717, 1.165) is 10.0 Å². The van der Waals surface area contributed by atoms with E-state index in [-0.39, 0.29) is 6.61 Å². The van der Waals surface area contributed by atoms with Crippen LogP contribution in [0.5, 0.6) is 5.75 Å². The fourth-order valence-electron chi connectivity index (χ4n) is 1.90. The van der Waals surface area contributed by atoms with Crippen molar-refractivity contribution < 1.29 is 19.1 Å². The van der Waals surface area contributed by atoms with E-state index in [1.807, 2.05) is 19.1 Å². The van der Waals surface area contributed by atoms with Gasteiger partial charge in [0.25, 0.3) is 5.91 Å². The zero-order valence-electron chi connectivity index (χ0n) is 12.8. The van der Waals surface area contributed by atoms with Crippen LogP contribution >= 0.6 is 15.9 Å². The Hall–Kier alpha value is -2.34. The van der Waals surface area contributed by atoms with Crippen LogP contribution in [0.1, 0.15) is 15.9 Å². The number of esters is 1. The summed E-state index contributed by atoms with van der Waals surface area (Å²) in [5.74, 6) is -0.308. The molecule has 0 aliphatic heterocycles. The number of anilines is 1. The number of carbonyl (C=O) groups is 2. The molecule has 0 aliphatic carbocycles. The third-order valence-corrected chi connectivity index (χ3v) is 3.62. The molecule has 0 saturated carbocycles. The van der Waals surface area contributed by atoms with Crippen LogP contribution in [0.25, 0.3) is 0 Å². The van der Waals surface area contributed by atoms with Crippen LogP contribution in [0.3, 0.4) is 0 Å². The van der Waals surface area contributed by atoms with E-state index in [1.54, 1.807) is 37.4 Å². The Morgan fingerprint density at radius 3 is 2.43 bits per heavy atom. The van der Waals surface area contributed by atoms with Gasteiger partial charge in [-0.1, -0.05) is 15.9 Å². The van der Waals surface area contributed by atoms with Crippen LogP contribution in [0.15, 0.2) is 46.9 Å². The van der Waals surface area contributed by atoms with Crippen molar-refractivity contribution in [3.63, 3.8) is 0 Å². The minimum atomic E-state index is -0.560. The molecule has 0 heterocycles. The van der Waals surface area contributed by atoms with Crippen LogP contribution in [-0.4, -0.2) is 25.6 Å². The first-order valence-electron chi connectivity index (χ1n) is 6.87. The van der Waals surface area contributed by atoms with Crippen molar-refractivity contribution in [2.75, 3.05) is 19.0 Å². The van der Waals surface area contributed by atoms with E-state index in [2.05, 4.69) is 21.2 Å². The number of amides is 1. The van der Waals surface area contributed by atoms with E-state index < -0.39 is 11.9 Å². The van der Waals surface area contributed by atoms with Crippen LogP contribution in [0, 0.1) is 6.92 Å². The highest BCUT2D eigenvalue weighted by Gasteiger charge is 2.11. The number of aryl methyl sites for hydroxylation is 1. The molecule has 1 N–H and O–H groups in total. The normalized spacial score (nSPS) is 10.0. The molecule has 2 aromatic carbocycles. The second-order valence-corrected chi connectivity index (χ2v) is 5.73. The minimum absolute atomic E-state index is 0.347. The van der Waals surface area contributed by atoms with Gasteiger partial charge in [-0.25, -0.2) is 4.79 Å². The average Bonchev–Trinajstić information content (AvgIpc) is 2.55. The molecule has 0 aromatic heterocycles. The van der Waals surface area contributed by atoms with Gasteiger partial charge >= 0.3 is 5.97 Å². The highest BCUT2D eigenvalue weighted by atomic mass is 79.9. The fraction of sp³-hybridized carbons (Fsp3) is 0.176. The quantitative estimate of drug-likeness (QED) is 0.809. The summed E-state index contributed by atoms with van der Waals surface area (Å²) in [5, 5.41) is 2.71. The van der Waals surface area contributed by atoms with E-state index in [9.17, 15) is 9.59 Å². The molecule has 2 rings (SSSR count). The van der Waals surface area contributed by atoms with Gasteiger partial charge in [0.05, 0.1) is 12.7 Å². The van der Waals surface area contributed by atoms with Crippen LogP contribution in [0.4, 0.5) is 5.69 Å². The first kappa shape index (κ1) is 17.0. The molecule has 23 heavy (non-hydrogen) atoms. The predicted octanol–water partition coefficient (Wildman–Crippen LogP) is 3.56. The zero-order chi connectivity index (χ0) is 16.8. The van der Waals surface area contributed by atoms with Crippen molar-refractivity contribution in [3.05, 3.63) is 58.1 Å². The minimum Gasteiger partial charge on any atom is -0.497 e. The lowest BCUT2D eigenvalue weighted by Crippen LogP contribution is -2.21. The Balaban J connectivity index is 1.89. The summed E-state index contributed by atoms with van der Waals surface area (Å²) >= 11 is 3.36. The standard InChI is InChI=1S/C17H16BrNO4/c1-11-9-13(18)5-8-15(11)19-16(20)10-23-17(21)12-3-6-14(22-2)7-4-12/h3-9H,10H2,1-2H3,(H,19,20). The molecule has 0 saturated heterocycles. The Bertz CT molecular complexity index is 713. The van der Waals surface area contributed by atoms with Gasteiger partial charge in [0, 0.05) is 10.2 Å². The number of carbonyl (C=O) groups excluding carboxylic acids is 2. The Morgan fingerprint density at radius 1 is 1.13 bits per heavy atom. The molecular formula is C17H16BrNO4. The number of methoxy groups -OCH3 is 1. The molecule has 1 amide bonds. The highest BCUT2D eigenvalue weighted by molar-refractivity contribution is 9.10. The number of hydrogen-bond donors (Lipinski definition) is 1. The molecular weight excluding hydrogens is 362 g/mol. The molecule has 0 spiro atoms. The van der Waals surface area contributed by atoms with Crippen molar-refractivity contribution in [2.45, 2.75) is 6.92 Å². The van der Waals surface area contributed by atoms with Crippen LogP contribution < -0.4 is 10.1 Å². The van der Waals surface area contributed by atoms with E-state index in [4.69, 9.17) is 9.47 Å². The first-order chi connectivity index (χ1) is 11.0. The summed E-state index contributed by atoms with van der Waals surface area (Å²) in [6, 6.07) is 12.0. The third-order valence-electron chi connectivity index (χ3n) is 3.12. The molecule has 0 radical (unpaired) electrons. The molecule has 6 heteroatoms. The monoisotopic (exact) mass is 377 g/mol. The Kier molecular flexibility index (Phi) is 5.76. The Morgan fingerprint density at radius 2 is 1.83 bits per heavy atom. The van der Waals surface area contributed by atoms with E-state index in [1.165, 1.54) is 0 Å². The molecule has 120 valence electrons. The molecule has 0 unspecified atom stereocenters. The second-order valence-electron chi connectivity index (χ2n) is 4.81. The van der Waals surface area contributed by atoms with Gasteiger partial charge in [0.15, 0.2) is 6.61 Å². The van der Waals surface area contributed by atoms with Crippen molar-refractivity contribution >= 4 is 33.5 Å². The van der Waals surface area contributed by atoms with Crippen molar-refractivity contribution in [1.82, 2.24) is 0 Å². The third kappa shape index (κ3) is 4.82. The van der Waals surface area contributed by atoms with Gasteiger partial charge in [-0.3, -0.25) is 4.79 Å². The maximum absolute atomic E-state index is 11.9. The zero-order valence-corrected chi connectivity index (χ0v) is 14.3. The van der Waals surface area contributed by atoms with E-state index in [0.29, 0.717) is 17.0 Å². The van der Waals surface area contributed by atoms with Crippen LogP contribution in [0.2, 0.25) is 0 Å². The average molecular weight is 378 g/mol. The Labute approximate surface area is 142 Å². The molecule has 0 fully saturated rings. The van der Waals surface area contributed by atoms with Gasteiger partial charge in [0.2, 0.25) is 0 Å². The predicted molar refractivity (Wildman–Crippen MR) is 90.8 cm³/mol. The maximum Gasteiger partial charge on any atom is 0.338 e. The van der Waals surface area contributed by atoms with Gasteiger partial charge in [0.1, 0.15) is 5.75 Å². The lowest BCUT2D eigenvalue weighted by molar-refractivity contribution is -0.119. The number of rotatable bonds is 5. The molecule has 5 nitrogen and oxygen atoms in total. The van der Waals surface area contributed by atoms with Crippen molar-refractivity contribution in [3.8, 4) is 5.75 Å². The smallest absolute Gasteiger partial charge is 0.338 e.